The van der Waals surface area contributed by atoms with E-state index in [9.17, 15) is 0 Å². The highest BCUT2D eigenvalue weighted by Gasteiger charge is 2.26. The van der Waals surface area contributed by atoms with Gasteiger partial charge in [-0.25, -0.2) is 4.98 Å². The molecule has 3 nitrogen and oxygen atoms in total. The fourth-order valence-electron chi connectivity index (χ4n) is 2.82. The smallest absolute Gasteiger partial charge is 0.203 e. The van der Waals surface area contributed by atoms with E-state index in [0.29, 0.717) is 12.0 Å². The first-order valence-electron chi connectivity index (χ1n) is 7.01. The standard InChI is InChI=1S/C16H21N3/c1-11(2)17-16-18-12(3)9-19(16)10-14-8-13-6-4-5-7-15(13)14/h4-7,9,11,14H,8,10H2,1-3H3,(H,17,18). The van der Waals surface area contributed by atoms with E-state index in [-0.39, 0.29) is 0 Å². The second-order valence-electron chi connectivity index (χ2n) is 5.76. The molecule has 1 aromatic heterocycles. The van der Waals surface area contributed by atoms with Crippen molar-refractivity contribution in [3.63, 3.8) is 0 Å². The molecule has 2 aromatic rings. The quantitative estimate of drug-likeness (QED) is 0.908. The van der Waals surface area contributed by atoms with Gasteiger partial charge in [-0.1, -0.05) is 24.3 Å². The highest BCUT2D eigenvalue weighted by atomic mass is 15.2. The van der Waals surface area contributed by atoms with Crippen LogP contribution in [0.25, 0.3) is 0 Å². The zero-order valence-corrected chi connectivity index (χ0v) is 11.9. The molecule has 1 aliphatic rings. The van der Waals surface area contributed by atoms with Crippen LogP contribution in [0.4, 0.5) is 5.95 Å². The summed E-state index contributed by atoms with van der Waals surface area (Å²) in [5, 5.41) is 3.42. The highest BCUT2D eigenvalue weighted by molar-refractivity contribution is 5.40. The Bertz CT molecular complexity index is 583. The topological polar surface area (TPSA) is 29.9 Å². The van der Waals surface area contributed by atoms with Gasteiger partial charge < -0.3 is 9.88 Å². The van der Waals surface area contributed by atoms with E-state index in [4.69, 9.17) is 0 Å². The first-order valence-corrected chi connectivity index (χ1v) is 7.01. The van der Waals surface area contributed by atoms with Crippen LogP contribution < -0.4 is 5.32 Å². The number of aromatic nitrogens is 2. The number of fused-ring (bicyclic) bond motifs is 1. The van der Waals surface area contributed by atoms with Crippen LogP contribution in [0.5, 0.6) is 0 Å². The summed E-state index contributed by atoms with van der Waals surface area (Å²) in [5.74, 6) is 1.63. The summed E-state index contributed by atoms with van der Waals surface area (Å²) in [6.45, 7) is 7.36. The van der Waals surface area contributed by atoms with Crippen molar-refractivity contribution in [1.29, 1.82) is 0 Å². The molecule has 0 saturated carbocycles. The molecule has 0 aliphatic heterocycles. The van der Waals surface area contributed by atoms with Crippen molar-refractivity contribution >= 4 is 5.95 Å². The van der Waals surface area contributed by atoms with Gasteiger partial charge in [0.25, 0.3) is 0 Å². The first kappa shape index (κ1) is 12.3. The largest absolute Gasteiger partial charge is 0.353 e. The van der Waals surface area contributed by atoms with Crippen LogP contribution >= 0.6 is 0 Å². The molecule has 3 heteroatoms. The number of benzene rings is 1. The number of hydrogen-bond acceptors (Lipinski definition) is 2. The summed E-state index contributed by atoms with van der Waals surface area (Å²) in [6, 6.07) is 9.16. The third kappa shape index (κ3) is 2.37. The molecule has 0 bridgehead atoms. The van der Waals surface area contributed by atoms with Crippen LogP contribution in [0.15, 0.2) is 30.5 Å². The molecule has 100 valence electrons. The number of rotatable bonds is 4. The second-order valence-corrected chi connectivity index (χ2v) is 5.76. The summed E-state index contributed by atoms with van der Waals surface area (Å²) in [6.07, 6.45) is 3.33. The first-order chi connectivity index (χ1) is 9.13. The summed E-state index contributed by atoms with van der Waals surface area (Å²) in [4.78, 5) is 4.57. The molecule has 1 aliphatic carbocycles. The Morgan fingerprint density at radius 3 is 2.89 bits per heavy atom. The molecular formula is C16H21N3. The maximum absolute atomic E-state index is 4.57. The molecule has 0 saturated heterocycles. The Labute approximate surface area is 114 Å². The SMILES string of the molecule is Cc1cn(CC2Cc3ccccc32)c(NC(C)C)n1. The van der Waals surface area contributed by atoms with Gasteiger partial charge in [0.15, 0.2) is 0 Å². The van der Waals surface area contributed by atoms with E-state index < -0.39 is 0 Å². The van der Waals surface area contributed by atoms with Crippen LogP contribution in [-0.4, -0.2) is 15.6 Å². The highest BCUT2D eigenvalue weighted by Crippen LogP contribution is 2.36. The summed E-state index contributed by atoms with van der Waals surface area (Å²) < 4.78 is 2.26. The van der Waals surface area contributed by atoms with E-state index in [1.54, 1.807) is 0 Å². The monoisotopic (exact) mass is 255 g/mol. The minimum atomic E-state index is 0.411. The number of nitrogens with zero attached hydrogens (tertiary/aromatic N) is 2. The molecule has 1 N–H and O–H groups in total. The van der Waals surface area contributed by atoms with Gasteiger partial charge in [0, 0.05) is 24.7 Å². The van der Waals surface area contributed by atoms with Gasteiger partial charge in [0.2, 0.25) is 5.95 Å². The lowest BCUT2D eigenvalue weighted by Crippen LogP contribution is -2.23. The minimum Gasteiger partial charge on any atom is -0.353 e. The van der Waals surface area contributed by atoms with Gasteiger partial charge in [-0.05, 0) is 38.3 Å². The molecule has 0 amide bonds. The maximum Gasteiger partial charge on any atom is 0.203 e. The van der Waals surface area contributed by atoms with Crippen molar-refractivity contribution in [1.82, 2.24) is 9.55 Å². The molecule has 0 spiro atoms. The summed E-state index contributed by atoms with van der Waals surface area (Å²) >= 11 is 0. The predicted octanol–water partition coefficient (Wildman–Crippen LogP) is 3.35. The third-order valence-electron chi connectivity index (χ3n) is 3.69. The number of nitrogens with one attached hydrogen (secondary N) is 1. The molecule has 1 unspecified atom stereocenters. The van der Waals surface area contributed by atoms with Gasteiger partial charge in [-0.3, -0.25) is 0 Å². The Hall–Kier alpha value is -1.77. The van der Waals surface area contributed by atoms with E-state index in [0.717, 1.165) is 18.2 Å². The maximum atomic E-state index is 4.57. The molecule has 3 rings (SSSR count). The van der Waals surface area contributed by atoms with Gasteiger partial charge in [0.05, 0.1) is 5.69 Å². The van der Waals surface area contributed by atoms with Crippen LogP contribution in [-0.2, 0) is 13.0 Å². The number of anilines is 1. The van der Waals surface area contributed by atoms with Crippen LogP contribution in [0.2, 0.25) is 0 Å². The summed E-state index contributed by atoms with van der Waals surface area (Å²) in [7, 11) is 0. The molecular weight excluding hydrogens is 234 g/mol. The lowest BCUT2D eigenvalue weighted by molar-refractivity contribution is 0.510. The van der Waals surface area contributed by atoms with Gasteiger partial charge in [-0.2, -0.15) is 0 Å². The van der Waals surface area contributed by atoms with Crippen molar-refractivity contribution in [3.05, 3.63) is 47.3 Å². The lowest BCUT2D eigenvalue weighted by atomic mass is 9.77. The molecule has 1 heterocycles. The molecule has 0 fully saturated rings. The average molecular weight is 255 g/mol. The van der Waals surface area contributed by atoms with E-state index in [2.05, 4.69) is 66.1 Å². The fraction of sp³-hybridized carbons (Fsp3) is 0.438. The Morgan fingerprint density at radius 1 is 1.37 bits per heavy atom. The molecule has 0 radical (unpaired) electrons. The van der Waals surface area contributed by atoms with Crippen LogP contribution in [0.3, 0.4) is 0 Å². The molecule has 19 heavy (non-hydrogen) atoms. The third-order valence-corrected chi connectivity index (χ3v) is 3.69. The normalized spacial score (nSPS) is 17.2. The second kappa shape index (κ2) is 4.72. The zero-order chi connectivity index (χ0) is 13.4. The Morgan fingerprint density at radius 2 is 2.16 bits per heavy atom. The van der Waals surface area contributed by atoms with Crippen molar-refractivity contribution in [2.45, 2.75) is 45.7 Å². The number of hydrogen-bond donors (Lipinski definition) is 1. The van der Waals surface area contributed by atoms with E-state index in [1.807, 2.05) is 0 Å². The zero-order valence-electron chi connectivity index (χ0n) is 11.9. The van der Waals surface area contributed by atoms with Crippen molar-refractivity contribution in [3.8, 4) is 0 Å². The van der Waals surface area contributed by atoms with Crippen molar-refractivity contribution in [2.24, 2.45) is 0 Å². The van der Waals surface area contributed by atoms with Crippen LogP contribution in [0, 0.1) is 6.92 Å². The van der Waals surface area contributed by atoms with Gasteiger partial charge in [0.1, 0.15) is 0 Å². The summed E-state index contributed by atoms with van der Waals surface area (Å²) in [5.41, 5.74) is 4.09. The van der Waals surface area contributed by atoms with Gasteiger partial charge >= 0.3 is 0 Å². The average Bonchev–Trinajstić information content (AvgIpc) is 2.65. The number of aryl methyl sites for hydroxylation is 1. The fourth-order valence-corrected chi connectivity index (χ4v) is 2.82. The van der Waals surface area contributed by atoms with Crippen LogP contribution in [0.1, 0.15) is 36.6 Å². The Balaban J connectivity index is 1.78. The van der Waals surface area contributed by atoms with Crippen molar-refractivity contribution < 1.29 is 0 Å². The van der Waals surface area contributed by atoms with E-state index in [1.165, 1.54) is 17.5 Å². The molecule has 1 atom stereocenters. The van der Waals surface area contributed by atoms with Gasteiger partial charge in [-0.15, -0.1) is 0 Å². The predicted molar refractivity (Wildman–Crippen MR) is 78.6 cm³/mol. The lowest BCUT2D eigenvalue weighted by Gasteiger charge is -2.30. The minimum absolute atomic E-state index is 0.411. The molecule has 1 aromatic carbocycles. The number of imidazole rings is 1. The van der Waals surface area contributed by atoms with E-state index >= 15 is 0 Å². The van der Waals surface area contributed by atoms with Crippen molar-refractivity contribution in [2.75, 3.05) is 5.32 Å². The Kier molecular flexibility index (Phi) is 3.05.